The number of nitrogens with two attached hydrogens (primary N) is 4. The van der Waals surface area contributed by atoms with Gasteiger partial charge in [-0.15, -0.1) is 0 Å². The van der Waals surface area contributed by atoms with Crippen LogP contribution in [0.25, 0.3) is 0 Å². The molecule has 0 amide bonds. The zero-order valence-corrected chi connectivity index (χ0v) is 23.3. The van der Waals surface area contributed by atoms with Crippen LogP contribution in [-0.4, -0.2) is 49.0 Å². The third-order valence-corrected chi connectivity index (χ3v) is 6.94. The Morgan fingerprint density at radius 3 is 1.39 bits per heavy atom. The highest BCUT2D eigenvalue weighted by atomic mass is 15.2. The lowest BCUT2D eigenvalue weighted by Gasteiger charge is -2.26. The fraction of sp³-hybridized carbons (Fsp3) is 0.846. The van der Waals surface area contributed by atoms with E-state index in [0.717, 1.165) is 51.4 Å². The lowest BCUT2D eigenvalue weighted by atomic mass is 9.91. The molecule has 4 atom stereocenters. The van der Waals surface area contributed by atoms with Crippen molar-refractivity contribution >= 4 is 23.8 Å². The molecule has 0 aliphatic heterocycles. The van der Waals surface area contributed by atoms with Crippen molar-refractivity contribution in [1.29, 1.82) is 0 Å². The Hall–Kier alpha value is -2.52. The van der Waals surface area contributed by atoms with Gasteiger partial charge in [0.2, 0.25) is 0 Å². The van der Waals surface area contributed by atoms with Crippen LogP contribution in [0.15, 0.2) is 20.0 Å². The van der Waals surface area contributed by atoms with Crippen LogP contribution >= 0.6 is 0 Å². The molecule has 0 aromatic rings. The van der Waals surface area contributed by atoms with Crippen LogP contribution in [0, 0.1) is 11.8 Å². The fourth-order valence-electron chi connectivity index (χ4n) is 4.45. The highest BCUT2D eigenvalue weighted by Crippen LogP contribution is 2.24. The molecule has 10 N–H and O–H groups in total. The maximum Gasteiger partial charge on any atom is 0.195 e. The third kappa shape index (κ3) is 13.5. The second kappa shape index (κ2) is 18.7. The molecule has 10 nitrogen and oxygen atoms in total. The van der Waals surface area contributed by atoms with Gasteiger partial charge in [-0.1, -0.05) is 79.1 Å². The SMILES string of the molecule is CCCCC(CC)CN=C(N)NC(N)=NC1CCCCC1N=C(N)NC(N)=NCC(CC)CCCC. The standard InChI is InChI=1S/C26H54N10/c1-5-9-13-19(7-3)17-31-23(27)35-25(29)33-21-15-11-12-16-22(21)34-26(30)36-24(28)32-18-20(8-4)14-10-6-2/h19-22H,5-18H2,1-4H3,(H5,27,29,31,33,35)(H5,28,30,32,34,36). The van der Waals surface area contributed by atoms with E-state index in [9.17, 15) is 0 Å². The van der Waals surface area contributed by atoms with Gasteiger partial charge in [-0.05, 0) is 37.5 Å². The number of hydrogen-bond donors (Lipinski definition) is 6. The minimum absolute atomic E-state index is 0.0796. The van der Waals surface area contributed by atoms with Gasteiger partial charge < -0.3 is 22.9 Å². The van der Waals surface area contributed by atoms with E-state index in [0.29, 0.717) is 36.8 Å². The minimum atomic E-state index is -0.0796. The van der Waals surface area contributed by atoms with Crippen LogP contribution in [-0.2, 0) is 0 Å². The van der Waals surface area contributed by atoms with Gasteiger partial charge in [-0.2, -0.15) is 0 Å². The highest BCUT2D eigenvalue weighted by Gasteiger charge is 2.25. The first-order valence-corrected chi connectivity index (χ1v) is 14.1. The first kappa shape index (κ1) is 31.5. The second-order valence-corrected chi connectivity index (χ2v) is 9.98. The summed E-state index contributed by atoms with van der Waals surface area (Å²) in [4.78, 5) is 18.3. The second-order valence-electron chi connectivity index (χ2n) is 9.98. The zero-order valence-electron chi connectivity index (χ0n) is 23.3. The summed E-state index contributed by atoms with van der Waals surface area (Å²) in [6.45, 7) is 10.2. The molecular weight excluding hydrogens is 452 g/mol. The summed E-state index contributed by atoms with van der Waals surface area (Å²) >= 11 is 0. The first-order valence-electron chi connectivity index (χ1n) is 14.1. The van der Waals surface area contributed by atoms with Crippen LogP contribution in [0.1, 0.15) is 105 Å². The predicted octanol–water partition coefficient (Wildman–Crippen LogP) is 3.17. The molecule has 0 bridgehead atoms. The molecule has 0 aromatic carbocycles. The summed E-state index contributed by atoms with van der Waals surface area (Å²) in [5.74, 6) is 2.20. The number of unbranched alkanes of at least 4 members (excludes halogenated alkanes) is 2. The molecule has 0 heterocycles. The summed E-state index contributed by atoms with van der Waals surface area (Å²) in [5.41, 5.74) is 24.4. The lowest BCUT2D eigenvalue weighted by molar-refractivity contribution is 0.387. The molecule has 208 valence electrons. The molecule has 1 aliphatic carbocycles. The molecule has 36 heavy (non-hydrogen) atoms. The van der Waals surface area contributed by atoms with Crippen molar-refractivity contribution < 1.29 is 0 Å². The third-order valence-electron chi connectivity index (χ3n) is 6.94. The Balaban J connectivity index is 2.70. The molecule has 1 aliphatic rings. The van der Waals surface area contributed by atoms with Crippen LogP contribution < -0.4 is 33.6 Å². The van der Waals surface area contributed by atoms with Crippen molar-refractivity contribution in [2.75, 3.05) is 13.1 Å². The first-order chi connectivity index (χ1) is 17.3. The summed E-state index contributed by atoms with van der Waals surface area (Å²) < 4.78 is 0. The molecule has 1 saturated carbocycles. The minimum Gasteiger partial charge on any atom is -0.370 e. The predicted molar refractivity (Wildman–Crippen MR) is 155 cm³/mol. The molecule has 0 radical (unpaired) electrons. The Morgan fingerprint density at radius 2 is 1.06 bits per heavy atom. The van der Waals surface area contributed by atoms with Gasteiger partial charge in [0.15, 0.2) is 23.8 Å². The van der Waals surface area contributed by atoms with Crippen molar-refractivity contribution in [3.63, 3.8) is 0 Å². The van der Waals surface area contributed by atoms with Crippen molar-refractivity contribution in [3.05, 3.63) is 0 Å². The topological polar surface area (TPSA) is 178 Å². The van der Waals surface area contributed by atoms with E-state index in [2.05, 4.69) is 58.3 Å². The molecule has 1 fully saturated rings. The number of aliphatic imine (C=N–C) groups is 4. The fourth-order valence-corrected chi connectivity index (χ4v) is 4.45. The van der Waals surface area contributed by atoms with Gasteiger partial charge in [0, 0.05) is 13.1 Å². The summed E-state index contributed by atoms with van der Waals surface area (Å²) in [5, 5.41) is 5.87. The molecular formula is C26H54N10. The summed E-state index contributed by atoms with van der Waals surface area (Å²) in [6, 6.07) is -0.159. The van der Waals surface area contributed by atoms with Gasteiger partial charge in [0.05, 0.1) is 12.1 Å². The normalized spacial score (nSPS) is 21.8. The van der Waals surface area contributed by atoms with Crippen LogP contribution in [0.5, 0.6) is 0 Å². The van der Waals surface area contributed by atoms with Crippen LogP contribution in [0.2, 0.25) is 0 Å². The molecule has 0 saturated heterocycles. The average Bonchev–Trinajstić information content (AvgIpc) is 2.85. The molecule has 10 heteroatoms. The van der Waals surface area contributed by atoms with Gasteiger partial charge in [0.1, 0.15) is 0 Å². The largest absolute Gasteiger partial charge is 0.370 e. The van der Waals surface area contributed by atoms with E-state index in [4.69, 9.17) is 22.9 Å². The maximum atomic E-state index is 6.16. The van der Waals surface area contributed by atoms with Gasteiger partial charge in [-0.3, -0.25) is 20.6 Å². The van der Waals surface area contributed by atoms with Gasteiger partial charge >= 0.3 is 0 Å². The van der Waals surface area contributed by atoms with Crippen molar-refractivity contribution in [1.82, 2.24) is 10.6 Å². The smallest absolute Gasteiger partial charge is 0.195 e. The number of nitrogens with one attached hydrogen (secondary N) is 2. The Kier molecular flexibility index (Phi) is 16.4. The van der Waals surface area contributed by atoms with E-state index in [1.165, 1.54) is 25.7 Å². The molecule has 1 rings (SSSR count). The van der Waals surface area contributed by atoms with E-state index in [1.807, 2.05) is 0 Å². The Morgan fingerprint density at radius 1 is 0.667 bits per heavy atom. The van der Waals surface area contributed by atoms with Gasteiger partial charge in [-0.25, -0.2) is 9.98 Å². The van der Waals surface area contributed by atoms with Crippen molar-refractivity contribution in [2.45, 2.75) is 117 Å². The quantitative estimate of drug-likeness (QED) is 0.156. The van der Waals surface area contributed by atoms with Crippen LogP contribution in [0.4, 0.5) is 0 Å². The number of rotatable bonds is 14. The molecule has 4 unspecified atom stereocenters. The number of guanidine groups is 4. The number of nitrogens with zero attached hydrogens (tertiary/aromatic N) is 4. The van der Waals surface area contributed by atoms with E-state index >= 15 is 0 Å². The zero-order chi connectivity index (χ0) is 26.8. The number of hydrogen-bond acceptors (Lipinski definition) is 4. The van der Waals surface area contributed by atoms with E-state index < -0.39 is 0 Å². The monoisotopic (exact) mass is 506 g/mol. The molecule has 0 aromatic heterocycles. The van der Waals surface area contributed by atoms with Crippen molar-refractivity contribution in [2.24, 2.45) is 54.7 Å². The van der Waals surface area contributed by atoms with E-state index in [-0.39, 0.29) is 24.0 Å². The lowest BCUT2D eigenvalue weighted by Crippen LogP contribution is -2.45. The highest BCUT2D eigenvalue weighted by molar-refractivity contribution is 5.97. The van der Waals surface area contributed by atoms with Crippen LogP contribution in [0.3, 0.4) is 0 Å². The Bertz CT molecular complexity index is 656. The molecule has 0 spiro atoms. The van der Waals surface area contributed by atoms with E-state index in [1.54, 1.807) is 0 Å². The maximum absolute atomic E-state index is 6.16. The Labute approximate surface area is 219 Å². The summed E-state index contributed by atoms with van der Waals surface area (Å²) in [7, 11) is 0. The van der Waals surface area contributed by atoms with Gasteiger partial charge in [0.25, 0.3) is 0 Å². The summed E-state index contributed by atoms with van der Waals surface area (Å²) in [6.07, 6.45) is 13.2. The average molecular weight is 507 g/mol. The van der Waals surface area contributed by atoms with Crippen molar-refractivity contribution in [3.8, 4) is 0 Å².